The summed E-state index contributed by atoms with van der Waals surface area (Å²) in [4.78, 5) is 0. The molecule has 0 saturated carbocycles. The van der Waals surface area contributed by atoms with Gasteiger partial charge in [-0.3, -0.25) is 0 Å². The van der Waals surface area contributed by atoms with Crippen molar-refractivity contribution in [3.05, 3.63) is 29.8 Å². The van der Waals surface area contributed by atoms with Gasteiger partial charge in [-0.2, -0.15) is 5.26 Å². The van der Waals surface area contributed by atoms with E-state index in [4.69, 9.17) is 14.4 Å². The highest BCUT2D eigenvalue weighted by Crippen LogP contribution is 2.36. The molecule has 1 aromatic carbocycles. The summed E-state index contributed by atoms with van der Waals surface area (Å²) in [6.45, 7) is 12.7. The van der Waals surface area contributed by atoms with Crippen LogP contribution < -0.4 is 4.74 Å². The third-order valence-corrected chi connectivity index (χ3v) is 8.61. The average Bonchev–Trinajstić information content (AvgIpc) is 2.41. The maximum absolute atomic E-state index is 8.98. The zero-order valence-corrected chi connectivity index (χ0v) is 14.9. The molecule has 0 fully saturated rings. The first kappa shape index (κ1) is 17.7. The monoisotopic (exact) mass is 305 g/mol. The minimum atomic E-state index is -1.63. The molecule has 0 aliphatic rings. The second-order valence-electron chi connectivity index (χ2n) is 6.77. The maximum Gasteiger partial charge on any atom is 0.191 e. The highest BCUT2D eigenvalue weighted by molar-refractivity contribution is 6.74. The lowest BCUT2D eigenvalue weighted by Gasteiger charge is -2.36. The fourth-order valence-corrected chi connectivity index (χ4v) is 2.70. The summed E-state index contributed by atoms with van der Waals surface area (Å²) in [7, 11) is -1.63. The summed E-state index contributed by atoms with van der Waals surface area (Å²) in [5.74, 6) is 0.672. The zero-order chi connectivity index (χ0) is 15.9. The van der Waals surface area contributed by atoms with Gasteiger partial charge in [0.25, 0.3) is 0 Å². The lowest BCUT2D eigenvalue weighted by Crippen LogP contribution is -2.41. The van der Waals surface area contributed by atoms with Crippen molar-refractivity contribution in [3.8, 4) is 11.8 Å². The second-order valence-corrected chi connectivity index (χ2v) is 11.6. The molecule has 1 aromatic rings. The number of hydrogen-bond donors (Lipinski definition) is 0. The molecule has 4 heteroatoms. The average molecular weight is 305 g/mol. The molecule has 116 valence electrons. The molecule has 3 nitrogen and oxygen atoms in total. The molecule has 0 N–H and O–H groups in total. The van der Waals surface area contributed by atoms with Gasteiger partial charge in [0.15, 0.2) is 8.32 Å². The largest absolute Gasteiger partial charge is 0.492 e. The molecule has 0 aliphatic heterocycles. The van der Waals surface area contributed by atoms with Crippen LogP contribution in [0, 0.1) is 11.3 Å². The highest BCUT2D eigenvalue weighted by atomic mass is 28.4. The molecular weight excluding hydrogens is 278 g/mol. The minimum Gasteiger partial charge on any atom is -0.492 e. The highest BCUT2D eigenvalue weighted by Gasteiger charge is 2.36. The molecule has 0 radical (unpaired) electrons. The SMILES string of the molecule is CC(C)(C)[Si](C)(C)OCCCCOc1ccccc1C#N. The van der Waals surface area contributed by atoms with E-state index in [9.17, 15) is 0 Å². The van der Waals surface area contributed by atoms with E-state index in [0.717, 1.165) is 19.4 Å². The molecule has 0 aliphatic carbocycles. The lowest BCUT2D eigenvalue weighted by atomic mass is 10.2. The van der Waals surface area contributed by atoms with Crippen LogP contribution in [-0.2, 0) is 4.43 Å². The standard InChI is InChI=1S/C17H27NO2Si/c1-17(2,3)21(4,5)20-13-9-8-12-19-16-11-7-6-10-15(16)14-18/h6-7,10-11H,8-9,12-13H2,1-5H3. The van der Waals surface area contributed by atoms with E-state index in [-0.39, 0.29) is 5.04 Å². The van der Waals surface area contributed by atoms with Crippen LogP contribution in [0.5, 0.6) is 5.75 Å². The van der Waals surface area contributed by atoms with Crippen LogP contribution >= 0.6 is 0 Å². The smallest absolute Gasteiger partial charge is 0.191 e. The number of hydrogen-bond acceptors (Lipinski definition) is 3. The van der Waals surface area contributed by atoms with Gasteiger partial charge >= 0.3 is 0 Å². The van der Waals surface area contributed by atoms with Crippen LogP contribution in [0.4, 0.5) is 0 Å². The Morgan fingerprint density at radius 1 is 1.10 bits per heavy atom. The van der Waals surface area contributed by atoms with Crippen LogP contribution in [0.3, 0.4) is 0 Å². The first-order valence-electron chi connectivity index (χ1n) is 7.54. The second kappa shape index (κ2) is 7.63. The number of nitrogens with zero attached hydrogens (tertiary/aromatic N) is 1. The maximum atomic E-state index is 8.98. The van der Waals surface area contributed by atoms with Crippen LogP contribution in [0.25, 0.3) is 0 Å². The van der Waals surface area contributed by atoms with E-state index in [1.807, 2.05) is 18.2 Å². The molecule has 1 rings (SSSR count). The third kappa shape index (κ3) is 5.53. The lowest BCUT2D eigenvalue weighted by molar-refractivity contribution is 0.252. The predicted octanol–water partition coefficient (Wildman–Crippen LogP) is 4.74. The van der Waals surface area contributed by atoms with Crippen molar-refractivity contribution < 1.29 is 9.16 Å². The Morgan fingerprint density at radius 2 is 1.71 bits per heavy atom. The first-order chi connectivity index (χ1) is 9.78. The van der Waals surface area contributed by atoms with Crippen LogP contribution in [0.15, 0.2) is 24.3 Å². The van der Waals surface area contributed by atoms with E-state index in [0.29, 0.717) is 17.9 Å². The van der Waals surface area contributed by atoms with Crippen molar-refractivity contribution in [1.29, 1.82) is 5.26 Å². The summed E-state index contributed by atoms with van der Waals surface area (Å²) in [5, 5.41) is 9.24. The van der Waals surface area contributed by atoms with Crippen LogP contribution in [0.1, 0.15) is 39.2 Å². The van der Waals surface area contributed by atoms with E-state index in [1.54, 1.807) is 6.07 Å². The number of unbranched alkanes of at least 4 members (excludes halogenated alkanes) is 1. The summed E-state index contributed by atoms with van der Waals surface area (Å²) in [6, 6.07) is 9.48. The molecule has 0 saturated heterocycles. The quantitative estimate of drug-likeness (QED) is 0.540. The van der Waals surface area contributed by atoms with Gasteiger partial charge in [0.2, 0.25) is 0 Å². The van der Waals surface area contributed by atoms with E-state index < -0.39 is 8.32 Å². The molecule has 0 aromatic heterocycles. The number of benzene rings is 1. The fourth-order valence-electron chi connectivity index (χ4n) is 1.61. The Balaban J connectivity index is 2.26. The van der Waals surface area contributed by atoms with Gasteiger partial charge in [-0.05, 0) is 43.1 Å². The Morgan fingerprint density at radius 3 is 2.33 bits per heavy atom. The van der Waals surface area contributed by atoms with Crippen LogP contribution in [-0.4, -0.2) is 21.5 Å². The van der Waals surface area contributed by atoms with E-state index >= 15 is 0 Å². The number of nitriles is 1. The molecule has 0 spiro atoms. The van der Waals surface area contributed by atoms with Gasteiger partial charge in [0, 0.05) is 6.61 Å². The Kier molecular flexibility index (Phi) is 6.44. The van der Waals surface area contributed by atoms with Crippen molar-refractivity contribution in [2.45, 2.75) is 51.7 Å². The molecule has 0 unspecified atom stereocenters. The number of rotatable bonds is 7. The zero-order valence-electron chi connectivity index (χ0n) is 13.9. The fraction of sp³-hybridized carbons (Fsp3) is 0.588. The Labute approximate surface area is 130 Å². The molecule has 0 bridgehead atoms. The van der Waals surface area contributed by atoms with Gasteiger partial charge in [-0.15, -0.1) is 0 Å². The Hall–Kier alpha value is -1.31. The van der Waals surface area contributed by atoms with Crippen molar-refractivity contribution >= 4 is 8.32 Å². The predicted molar refractivity (Wildman–Crippen MR) is 89.0 cm³/mol. The van der Waals surface area contributed by atoms with Gasteiger partial charge in [0.1, 0.15) is 11.8 Å². The van der Waals surface area contributed by atoms with Gasteiger partial charge in [0.05, 0.1) is 12.2 Å². The normalized spacial score (nSPS) is 12.0. The number of para-hydroxylation sites is 1. The van der Waals surface area contributed by atoms with Crippen molar-refractivity contribution in [3.63, 3.8) is 0 Å². The van der Waals surface area contributed by atoms with Crippen LogP contribution in [0.2, 0.25) is 18.1 Å². The topological polar surface area (TPSA) is 42.2 Å². The van der Waals surface area contributed by atoms with Crippen molar-refractivity contribution in [2.24, 2.45) is 0 Å². The van der Waals surface area contributed by atoms with Gasteiger partial charge in [-0.25, -0.2) is 0 Å². The summed E-state index contributed by atoms with van der Waals surface area (Å²) in [6.07, 6.45) is 1.93. The molecule has 0 amide bonds. The molecular formula is C17H27NO2Si. The first-order valence-corrected chi connectivity index (χ1v) is 10.4. The Bertz CT molecular complexity index is 486. The third-order valence-electron chi connectivity index (χ3n) is 4.07. The van der Waals surface area contributed by atoms with Crippen molar-refractivity contribution in [1.82, 2.24) is 0 Å². The van der Waals surface area contributed by atoms with Gasteiger partial charge < -0.3 is 9.16 Å². The molecule has 0 atom stereocenters. The summed E-state index contributed by atoms with van der Waals surface area (Å²) < 4.78 is 11.8. The summed E-state index contributed by atoms with van der Waals surface area (Å²) >= 11 is 0. The van der Waals surface area contributed by atoms with E-state index in [1.165, 1.54) is 0 Å². The summed E-state index contributed by atoms with van der Waals surface area (Å²) in [5.41, 5.74) is 0.593. The van der Waals surface area contributed by atoms with Gasteiger partial charge in [-0.1, -0.05) is 32.9 Å². The minimum absolute atomic E-state index is 0.259. The van der Waals surface area contributed by atoms with E-state index in [2.05, 4.69) is 39.9 Å². The number of ether oxygens (including phenoxy) is 1. The van der Waals surface area contributed by atoms with Crippen molar-refractivity contribution in [2.75, 3.05) is 13.2 Å². The molecule has 0 heterocycles. The molecule has 21 heavy (non-hydrogen) atoms.